The number of hydrogen-bond acceptors (Lipinski definition) is 3. The molecule has 0 bridgehead atoms. The number of aromatic carboxylic acids is 1. The molecule has 0 aliphatic rings. The van der Waals surface area contributed by atoms with Gasteiger partial charge in [0.25, 0.3) is 5.56 Å². The Morgan fingerprint density at radius 3 is 2.53 bits per heavy atom. The number of rotatable bonds is 5. The van der Waals surface area contributed by atoms with Gasteiger partial charge < -0.3 is 10.2 Å². The molecule has 0 aliphatic carbocycles. The van der Waals surface area contributed by atoms with Gasteiger partial charge >= 0.3 is 5.97 Å². The molecule has 0 amide bonds. The Bertz CT molecular complexity index is 628. The van der Waals surface area contributed by atoms with Crippen LogP contribution in [-0.4, -0.2) is 32.6 Å². The van der Waals surface area contributed by atoms with Crippen LogP contribution in [0.3, 0.4) is 0 Å². The van der Waals surface area contributed by atoms with E-state index in [0.717, 1.165) is 5.56 Å². The van der Waals surface area contributed by atoms with Crippen LogP contribution in [-0.2, 0) is 13.0 Å². The minimum atomic E-state index is -1.20. The summed E-state index contributed by atoms with van der Waals surface area (Å²) in [6, 6.07) is 9.24. The van der Waals surface area contributed by atoms with Crippen LogP contribution in [0.4, 0.5) is 0 Å². The molecule has 2 aromatic rings. The van der Waals surface area contributed by atoms with Gasteiger partial charge in [-0.15, -0.1) is 0 Å². The predicted octanol–water partition coefficient (Wildman–Crippen LogP) is 0.458. The number of carbonyl (C=O) groups is 1. The van der Waals surface area contributed by atoms with Gasteiger partial charge in [0.15, 0.2) is 0 Å². The number of carboxylic acid groups (broad SMARTS) is 1. The van der Waals surface area contributed by atoms with Crippen LogP contribution in [0, 0.1) is 0 Å². The second kappa shape index (κ2) is 5.53. The average Bonchev–Trinajstić information content (AvgIpc) is 2.70. The second-order valence-electron chi connectivity index (χ2n) is 4.12. The maximum atomic E-state index is 12.0. The molecule has 100 valence electrons. The third-order valence-electron chi connectivity index (χ3n) is 2.81. The van der Waals surface area contributed by atoms with E-state index in [-0.39, 0.29) is 30.8 Å². The summed E-state index contributed by atoms with van der Waals surface area (Å²) < 4.78 is 1.24. The Hall–Kier alpha value is -2.34. The molecule has 0 saturated heterocycles. The van der Waals surface area contributed by atoms with Gasteiger partial charge in [0, 0.05) is 13.0 Å². The number of nitrogens with one attached hydrogen (secondary N) is 1. The Balaban J connectivity index is 2.39. The summed E-state index contributed by atoms with van der Waals surface area (Å²) in [4.78, 5) is 23.1. The molecule has 0 aliphatic heterocycles. The van der Waals surface area contributed by atoms with Crippen LogP contribution in [0.2, 0.25) is 0 Å². The number of hydrogen-bond donors (Lipinski definition) is 3. The van der Waals surface area contributed by atoms with E-state index in [2.05, 4.69) is 5.10 Å². The van der Waals surface area contributed by atoms with Crippen molar-refractivity contribution in [3.8, 4) is 0 Å². The SMILES string of the molecule is O=C(O)c1[nH]n(Cc2ccccc2)c(=O)c1CCO. The maximum Gasteiger partial charge on any atom is 0.354 e. The van der Waals surface area contributed by atoms with E-state index >= 15 is 0 Å². The van der Waals surface area contributed by atoms with Crippen LogP contribution in [0.25, 0.3) is 0 Å². The molecular formula is C13H14N2O4. The third-order valence-corrected chi connectivity index (χ3v) is 2.81. The molecular weight excluding hydrogens is 248 g/mol. The first-order valence-electron chi connectivity index (χ1n) is 5.83. The Kier molecular flexibility index (Phi) is 3.82. The van der Waals surface area contributed by atoms with Gasteiger partial charge in [-0.2, -0.15) is 0 Å². The molecule has 0 radical (unpaired) electrons. The summed E-state index contributed by atoms with van der Waals surface area (Å²) in [5.74, 6) is -1.20. The first kappa shape index (κ1) is 13.1. The molecule has 0 unspecified atom stereocenters. The average molecular weight is 262 g/mol. The molecule has 6 nitrogen and oxygen atoms in total. The molecule has 19 heavy (non-hydrogen) atoms. The van der Waals surface area contributed by atoms with Crippen molar-refractivity contribution in [3.63, 3.8) is 0 Å². The summed E-state index contributed by atoms with van der Waals surface area (Å²) in [5.41, 5.74) is 0.426. The van der Waals surface area contributed by atoms with Gasteiger partial charge in [0.1, 0.15) is 5.69 Å². The lowest BCUT2D eigenvalue weighted by molar-refractivity contribution is 0.0688. The maximum absolute atomic E-state index is 12.0. The molecule has 0 spiro atoms. The number of nitrogens with zero attached hydrogens (tertiary/aromatic N) is 1. The molecule has 2 rings (SSSR count). The number of aliphatic hydroxyl groups excluding tert-OH is 1. The minimum Gasteiger partial charge on any atom is -0.477 e. The Morgan fingerprint density at radius 1 is 1.26 bits per heavy atom. The summed E-state index contributed by atoms with van der Waals surface area (Å²) in [7, 11) is 0. The van der Waals surface area contributed by atoms with Gasteiger partial charge in [-0.05, 0) is 5.56 Å². The summed E-state index contributed by atoms with van der Waals surface area (Å²) >= 11 is 0. The van der Waals surface area contributed by atoms with Crippen molar-refractivity contribution in [2.75, 3.05) is 6.61 Å². The van der Waals surface area contributed by atoms with E-state index < -0.39 is 11.5 Å². The van der Waals surface area contributed by atoms with Crippen molar-refractivity contribution < 1.29 is 15.0 Å². The van der Waals surface area contributed by atoms with Gasteiger partial charge in [0.05, 0.1) is 12.1 Å². The summed E-state index contributed by atoms with van der Waals surface area (Å²) in [5, 5.41) is 20.5. The Morgan fingerprint density at radius 2 is 1.95 bits per heavy atom. The van der Waals surface area contributed by atoms with E-state index in [1.54, 1.807) is 0 Å². The Labute approximate surface area is 108 Å². The standard InChI is InChI=1S/C13H14N2O4/c16-7-6-10-11(13(18)19)14-15(12(10)17)8-9-4-2-1-3-5-9/h1-5,14,16H,6-8H2,(H,18,19). The van der Waals surface area contributed by atoms with E-state index in [1.165, 1.54) is 4.68 Å². The lowest BCUT2D eigenvalue weighted by Gasteiger charge is -2.01. The first-order valence-corrected chi connectivity index (χ1v) is 5.83. The van der Waals surface area contributed by atoms with Gasteiger partial charge in [-0.3, -0.25) is 9.89 Å². The van der Waals surface area contributed by atoms with E-state index in [9.17, 15) is 9.59 Å². The molecule has 3 N–H and O–H groups in total. The van der Waals surface area contributed by atoms with Crippen LogP contribution in [0.1, 0.15) is 21.6 Å². The molecule has 6 heteroatoms. The lowest BCUT2D eigenvalue weighted by atomic mass is 10.2. The zero-order valence-corrected chi connectivity index (χ0v) is 10.2. The van der Waals surface area contributed by atoms with Crippen molar-refractivity contribution in [2.45, 2.75) is 13.0 Å². The van der Waals surface area contributed by atoms with Gasteiger partial charge in [0.2, 0.25) is 0 Å². The monoisotopic (exact) mass is 262 g/mol. The fraction of sp³-hybridized carbons (Fsp3) is 0.231. The van der Waals surface area contributed by atoms with Crippen molar-refractivity contribution >= 4 is 5.97 Å². The highest BCUT2D eigenvalue weighted by molar-refractivity contribution is 5.86. The molecule has 0 atom stereocenters. The minimum absolute atomic E-state index is 0.0265. The van der Waals surface area contributed by atoms with Crippen LogP contribution in [0.15, 0.2) is 35.1 Å². The lowest BCUT2D eigenvalue weighted by Crippen LogP contribution is -2.20. The number of aliphatic hydroxyl groups is 1. The van der Waals surface area contributed by atoms with Crippen LogP contribution < -0.4 is 5.56 Å². The largest absolute Gasteiger partial charge is 0.477 e. The summed E-state index contributed by atoms with van der Waals surface area (Å²) in [6.07, 6.45) is 0.0265. The molecule has 1 aromatic heterocycles. The predicted molar refractivity (Wildman–Crippen MR) is 68.3 cm³/mol. The number of aromatic nitrogens is 2. The zero-order chi connectivity index (χ0) is 13.8. The fourth-order valence-electron chi connectivity index (χ4n) is 1.92. The quantitative estimate of drug-likeness (QED) is 0.729. The molecule has 1 heterocycles. The van der Waals surface area contributed by atoms with E-state index in [0.29, 0.717) is 0 Å². The number of benzene rings is 1. The third kappa shape index (κ3) is 2.74. The van der Waals surface area contributed by atoms with Crippen molar-refractivity contribution in [1.82, 2.24) is 9.78 Å². The topological polar surface area (TPSA) is 95.3 Å². The molecule has 1 aromatic carbocycles. The highest BCUT2D eigenvalue weighted by Gasteiger charge is 2.18. The summed E-state index contributed by atoms with van der Waals surface area (Å²) in [6.45, 7) is 0.00406. The van der Waals surface area contributed by atoms with E-state index in [1.807, 2.05) is 30.3 Å². The van der Waals surface area contributed by atoms with Crippen molar-refractivity contribution in [1.29, 1.82) is 0 Å². The highest BCUT2D eigenvalue weighted by atomic mass is 16.4. The van der Waals surface area contributed by atoms with Gasteiger partial charge in [-0.1, -0.05) is 30.3 Å². The fourth-order valence-corrected chi connectivity index (χ4v) is 1.92. The highest BCUT2D eigenvalue weighted by Crippen LogP contribution is 2.05. The smallest absolute Gasteiger partial charge is 0.354 e. The van der Waals surface area contributed by atoms with Crippen molar-refractivity contribution in [2.24, 2.45) is 0 Å². The normalized spacial score (nSPS) is 10.6. The zero-order valence-electron chi connectivity index (χ0n) is 10.2. The van der Waals surface area contributed by atoms with Gasteiger partial charge in [-0.25, -0.2) is 9.48 Å². The van der Waals surface area contributed by atoms with Crippen LogP contribution in [0.5, 0.6) is 0 Å². The van der Waals surface area contributed by atoms with E-state index in [4.69, 9.17) is 10.2 Å². The number of aromatic amines is 1. The molecule has 0 saturated carbocycles. The number of carboxylic acids is 1. The van der Waals surface area contributed by atoms with Crippen molar-refractivity contribution in [3.05, 3.63) is 57.5 Å². The first-order chi connectivity index (χ1) is 9.13. The van der Waals surface area contributed by atoms with Crippen LogP contribution >= 0.6 is 0 Å². The second-order valence-corrected chi connectivity index (χ2v) is 4.12. The number of H-pyrrole nitrogens is 1. The molecule has 0 fully saturated rings.